The van der Waals surface area contributed by atoms with Crippen LogP contribution in [-0.4, -0.2) is 11.0 Å². The van der Waals surface area contributed by atoms with Crippen LogP contribution in [0.1, 0.15) is 24.3 Å². The molecule has 0 unspecified atom stereocenters. The van der Waals surface area contributed by atoms with Gasteiger partial charge in [0.05, 0.1) is 12.7 Å². The molecule has 3 nitrogen and oxygen atoms in total. The van der Waals surface area contributed by atoms with Crippen molar-refractivity contribution >= 4 is 11.6 Å². The minimum atomic E-state index is 0.660. The highest BCUT2D eigenvalue weighted by Gasteiger charge is 2.21. The van der Waals surface area contributed by atoms with E-state index in [0.29, 0.717) is 17.6 Å². The molecule has 4 heteroatoms. The van der Waals surface area contributed by atoms with Gasteiger partial charge in [-0.15, -0.1) is 0 Å². The van der Waals surface area contributed by atoms with E-state index in [2.05, 4.69) is 10.3 Å². The Morgan fingerprint density at radius 1 is 1.44 bits per heavy atom. The second-order valence-corrected chi connectivity index (χ2v) is 5.17. The summed E-state index contributed by atoms with van der Waals surface area (Å²) < 4.78 is 5.75. The molecule has 1 fully saturated rings. The van der Waals surface area contributed by atoms with Gasteiger partial charge in [0, 0.05) is 16.6 Å². The number of nitrogens with one attached hydrogen (secondary N) is 1. The first-order chi connectivity index (χ1) is 8.72. The lowest BCUT2D eigenvalue weighted by atomic mass is 10.1. The van der Waals surface area contributed by atoms with Gasteiger partial charge in [0.15, 0.2) is 5.76 Å². The van der Waals surface area contributed by atoms with E-state index in [4.69, 9.17) is 16.0 Å². The zero-order valence-corrected chi connectivity index (χ0v) is 11.0. The SMILES string of the molecule is Cc1ccc(Cl)cc1-c1cnc(CNC2CC2)o1. The summed E-state index contributed by atoms with van der Waals surface area (Å²) in [4.78, 5) is 4.29. The van der Waals surface area contributed by atoms with E-state index >= 15 is 0 Å². The lowest BCUT2D eigenvalue weighted by Crippen LogP contribution is -2.15. The molecule has 2 aromatic rings. The van der Waals surface area contributed by atoms with Crippen LogP contribution in [0.25, 0.3) is 11.3 Å². The maximum Gasteiger partial charge on any atom is 0.208 e. The molecule has 1 N–H and O–H groups in total. The van der Waals surface area contributed by atoms with Gasteiger partial charge in [-0.2, -0.15) is 0 Å². The number of hydrogen-bond donors (Lipinski definition) is 1. The van der Waals surface area contributed by atoms with Crippen molar-refractivity contribution in [2.75, 3.05) is 0 Å². The molecule has 0 radical (unpaired) electrons. The van der Waals surface area contributed by atoms with Crippen molar-refractivity contribution in [1.29, 1.82) is 0 Å². The van der Waals surface area contributed by atoms with Gasteiger partial charge in [-0.05, 0) is 37.5 Å². The molecule has 1 aromatic heterocycles. The van der Waals surface area contributed by atoms with Crippen LogP contribution in [-0.2, 0) is 6.54 Å². The van der Waals surface area contributed by atoms with Crippen LogP contribution in [0, 0.1) is 6.92 Å². The van der Waals surface area contributed by atoms with Crippen LogP contribution in [0.15, 0.2) is 28.8 Å². The predicted octanol–water partition coefficient (Wildman–Crippen LogP) is 3.56. The standard InChI is InChI=1S/C14H15ClN2O/c1-9-2-3-10(15)6-12(9)13-7-17-14(18-13)8-16-11-4-5-11/h2-3,6-7,11,16H,4-5,8H2,1H3. The van der Waals surface area contributed by atoms with E-state index in [1.54, 1.807) is 6.20 Å². The molecule has 0 bridgehead atoms. The number of rotatable bonds is 4. The minimum absolute atomic E-state index is 0.660. The normalized spacial score (nSPS) is 15.0. The monoisotopic (exact) mass is 262 g/mol. The Bertz CT molecular complexity index is 561. The molecular weight excluding hydrogens is 248 g/mol. The van der Waals surface area contributed by atoms with Gasteiger partial charge in [-0.3, -0.25) is 0 Å². The molecule has 1 aromatic carbocycles. The summed E-state index contributed by atoms with van der Waals surface area (Å²) in [6.45, 7) is 2.74. The Morgan fingerprint density at radius 2 is 2.28 bits per heavy atom. The summed E-state index contributed by atoms with van der Waals surface area (Å²) in [7, 11) is 0. The Labute approximate surface area is 111 Å². The first kappa shape index (κ1) is 11.8. The molecule has 1 heterocycles. The van der Waals surface area contributed by atoms with Gasteiger partial charge in [0.25, 0.3) is 0 Å². The smallest absolute Gasteiger partial charge is 0.208 e. The average Bonchev–Trinajstić information content (AvgIpc) is 3.08. The molecule has 0 spiro atoms. The maximum absolute atomic E-state index is 6.01. The van der Waals surface area contributed by atoms with Gasteiger partial charge >= 0.3 is 0 Å². The van der Waals surface area contributed by atoms with E-state index in [0.717, 1.165) is 22.8 Å². The van der Waals surface area contributed by atoms with Crippen molar-refractivity contribution in [2.24, 2.45) is 0 Å². The van der Waals surface area contributed by atoms with Crippen molar-refractivity contribution in [3.8, 4) is 11.3 Å². The quantitative estimate of drug-likeness (QED) is 0.916. The largest absolute Gasteiger partial charge is 0.439 e. The van der Waals surface area contributed by atoms with E-state index in [1.165, 1.54) is 12.8 Å². The summed E-state index contributed by atoms with van der Waals surface area (Å²) in [5, 5.41) is 4.09. The molecule has 18 heavy (non-hydrogen) atoms. The van der Waals surface area contributed by atoms with Crippen LogP contribution in [0.3, 0.4) is 0 Å². The molecule has 0 amide bonds. The second kappa shape index (κ2) is 4.75. The molecular formula is C14H15ClN2O. The number of benzene rings is 1. The summed E-state index contributed by atoms with van der Waals surface area (Å²) in [6, 6.07) is 6.44. The number of nitrogens with zero attached hydrogens (tertiary/aromatic N) is 1. The highest BCUT2D eigenvalue weighted by molar-refractivity contribution is 6.30. The van der Waals surface area contributed by atoms with Crippen LogP contribution in [0.4, 0.5) is 0 Å². The highest BCUT2D eigenvalue weighted by Crippen LogP contribution is 2.27. The first-order valence-corrected chi connectivity index (χ1v) is 6.55. The number of halogens is 1. The lowest BCUT2D eigenvalue weighted by molar-refractivity contribution is 0.476. The summed E-state index contributed by atoms with van der Waals surface area (Å²) in [5.41, 5.74) is 2.14. The Balaban J connectivity index is 1.80. The number of aromatic nitrogens is 1. The minimum Gasteiger partial charge on any atom is -0.439 e. The van der Waals surface area contributed by atoms with E-state index in [9.17, 15) is 0 Å². The highest BCUT2D eigenvalue weighted by atomic mass is 35.5. The molecule has 3 rings (SSSR count). The topological polar surface area (TPSA) is 38.1 Å². The van der Waals surface area contributed by atoms with Gasteiger partial charge in [0.2, 0.25) is 5.89 Å². The molecule has 1 aliphatic carbocycles. The molecule has 1 saturated carbocycles. The van der Waals surface area contributed by atoms with E-state index in [-0.39, 0.29) is 0 Å². The summed E-state index contributed by atoms with van der Waals surface area (Å²) in [6.07, 6.45) is 4.30. The molecule has 0 saturated heterocycles. The Morgan fingerprint density at radius 3 is 3.06 bits per heavy atom. The Hall–Kier alpha value is -1.32. The van der Waals surface area contributed by atoms with Crippen molar-refractivity contribution in [3.63, 3.8) is 0 Å². The molecule has 94 valence electrons. The van der Waals surface area contributed by atoms with Gasteiger partial charge in [-0.25, -0.2) is 4.98 Å². The number of hydrogen-bond acceptors (Lipinski definition) is 3. The average molecular weight is 263 g/mol. The second-order valence-electron chi connectivity index (χ2n) is 4.73. The Kier molecular flexibility index (Phi) is 3.10. The van der Waals surface area contributed by atoms with Gasteiger partial charge < -0.3 is 9.73 Å². The van der Waals surface area contributed by atoms with Gasteiger partial charge in [0.1, 0.15) is 0 Å². The fourth-order valence-corrected chi connectivity index (χ4v) is 2.07. The fourth-order valence-electron chi connectivity index (χ4n) is 1.90. The zero-order chi connectivity index (χ0) is 12.5. The van der Waals surface area contributed by atoms with E-state index < -0.39 is 0 Å². The van der Waals surface area contributed by atoms with Crippen molar-refractivity contribution in [1.82, 2.24) is 10.3 Å². The number of aryl methyl sites for hydroxylation is 1. The fraction of sp³-hybridized carbons (Fsp3) is 0.357. The van der Waals surface area contributed by atoms with Crippen molar-refractivity contribution in [2.45, 2.75) is 32.4 Å². The first-order valence-electron chi connectivity index (χ1n) is 6.17. The zero-order valence-electron chi connectivity index (χ0n) is 10.2. The summed E-state index contributed by atoms with van der Waals surface area (Å²) >= 11 is 6.01. The molecule has 1 aliphatic rings. The molecule has 0 aliphatic heterocycles. The number of oxazole rings is 1. The third-order valence-electron chi connectivity index (χ3n) is 3.14. The summed E-state index contributed by atoms with van der Waals surface area (Å²) in [5.74, 6) is 1.51. The van der Waals surface area contributed by atoms with Gasteiger partial charge in [-0.1, -0.05) is 17.7 Å². The van der Waals surface area contributed by atoms with Crippen molar-refractivity contribution < 1.29 is 4.42 Å². The van der Waals surface area contributed by atoms with Crippen molar-refractivity contribution in [3.05, 3.63) is 40.9 Å². The van der Waals surface area contributed by atoms with E-state index in [1.807, 2.05) is 25.1 Å². The van der Waals surface area contributed by atoms with Crippen LogP contribution < -0.4 is 5.32 Å². The third-order valence-corrected chi connectivity index (χ3v) is 3.37. The van der Waals surface area contributed by atoms with Crippen LogP contribution >= 0.6 is 11.6 Å². The predicted molar refractivity (Wildman–Crippen MR) is 71.5 cm³/mol. The third kappa shape index (κ3) is 2.57. The maximum atomic E-state index is 6.01. The molecule has 0 atom stereocenters. The van der Waals surface area contributed by atoms with Crippen LogP contribution in [0.2, 0.25) is 5.02 Å². The lowest BCUT2D eigenvalue weighted by Gasteiger charge is -2.02. The van der Waals surface area contributed by atoms with Crippen LogP contribution in [0.5, 0.6) is 0 Å².